The van der Waals surface area contributed by atoms with Crippen LogP contribution in [0.5, 0.6) is 5.75 Å². The van der Waals surface area contributed by atoms with Crippen LogP contribution in [0.1, 0.15) is 12.5 Å². The normalized spacial score (nSPS) is 11.8. The first-order chi connectivity index (χ1) is 11.6. The lowest BCUT2D eigenvalue weighted by molar-refractivity contribution is -0.122. The molecule has 0 fully saturated rings. The van der Waals surface area contributed by atoms with Crippen molar-refractivity contribution in [3.63, 3.8) is 0 Å². The van der Waals surface area contributed by atoms with Crippen molar-refractivity contribution in [2.24, 2.45) is 0 Å². The summed E-state index contributed by atoms with van der Waals surface area (Å²) in [6, 6.07) is 11.4. The highest BCUT2D eigenvalue weighted by atomic mass is 32.1. The van der Waals surface area contributed by atoms with Gasteiger partial charge in [0.15, 0.2) is 11.2 Å². The largest absolute Gasteiger partial charge is 0.481 e. The van der Waals surface area contributed by atoms with E-state index in [0.717, 1.165) is 16.8 Å². The van der Waals surface area contributed by atoms with Crippen LogP contribution < -0.4 is 10.1 Å². The van der Waals surface area contributed by atoms with E-state index < -0.39 is 6.10 Å². The number of nitrogens with one attached hydrogen (secondary N) is 1. The number of aryl methyl sites for hydroxylation is 1. The Bertz CT molecular complexity index is 833. The van der Waals surface area contributed by atoms with E-state index in [1.54, 1.807) is 19.3 Å². The minimum Gasteiger partial charge on any atom is -0.481 e. The van der Waals surface area contributed by atoms with Crippen LogP contribution in [0.3, 0.4) is 0 Å². The highest BCUT2D eigenvalue weighted by Gasteiger charge is 2.16. The van der Waals surface area contributed by atoms with E-state index >= 15 is 0 Å². The van der Waals surface area contributed by atoms with Gasteiger partial charge < -0.3 is 4.74 Å². The Hall–Kier alpha value is -2.73. The second kappa shape index (κ2) is 7.23. The molecule has 0 aliphatic carbocycles. The Morgan fingerprint density at radius 1 is 1.25 bits per heavy atom. The first-order valence-corrected chi connectivity index (χ1v) is 8.40. The SMILES string of the molecule is Cc1cccc(O[C@H](C)C(=O)Nc2nc(-c3ccncc3)cs2)c1. The number of ether oxygens (including phenoxy) is 1. The van der Waals surface area contributed by atoms with Crippen molar-refractivity contribution in [2.75, 3.05) is 5.32 Å². The van der Waals surface area contributed by atoms with Gasteiger partial charge in [0, 0.05) is 23.3 Å². The van der Waals surface area contributed by atoms with Crippen LogP contribution in [-0.2, 0) is 4.79 Å². The zero-order valence-corrected chi connectivity index (χ0v) is 14.2. The maximum absolute atomic E-state index is 12.3. The van der Waals surface area contributed by atoms with E-state index in [0.29, 0.717) is 10.9 Å². The predicted molar refractivity (Wildman–Crippen MR) is 95.2 cm³/mol. The van der Waals surface area contributed by atoms with Gasteiger partial charge in [-0.15, -0.1) is 11.3 Å². The third kappa shape index (κ3) is 3.97. The first-order valence-electron chi connectivity index (χ1n) is 7.52. The van der Waals surface area contributed by atoms with E-state index in [1.807, 2.05) is 48.7 Å². The van der Waals surface area contributed by atoms with Gasteiger partial charge in [0.25, 0.3) is 5.91 Å². The smallest absolute Gasteiger partial charge is 0.266 e. The molecule has 0 bridgehead atoms. The van der Waals surface area contributed by atoms with Crippen LogP contribution in [0, 0.1) is 6.92 Å². The summed E-state index contributed by atoms with van der Waals surface area (Å²) in [5.41, 5.74) is 2.86. The lowest BCUT2D eigenvalue weighted by Gasteiger charge is -2.14. The van der Waals surface area contributed by atoms with Gasteiger partial charge in [-0.05, 0) is 43.7 Å². The highest BCUT2D eigenvalue weighted by Crippen LogP contribution is 2.24. The van der Waals surface area contributed by atoms with Gasteiger partial charge >= 0.3 is 0 Å². The number of thiazole rings is 1. The summed E-state index contributed by atoms with van der Waals surface area (Å²) < 4.78 is 5.68. The summed E-state index contributed by atoms with van der Waals surface area (Å²) in [5, 5.41) is 5.24. The van der Waals surface area contributed by atoms with E-state index in [2.05, 4.69) is 15.3 Å². The van der Waals surface area contributed by atoms with Crippen LogP contribution in [0.2, 0.25) is 0 Å². The molecule has 0 unspecified atom stereocenters. The lowest BCUT2D eigenvalue weighted by atomic mass is 10.2. The molecule has 2 aromatic heterocycles. The highest BCUT2D eigenvalue weighted by molar-refractivity contribution is 7.14. The van der Waals surface area contributed by atoms with E-state index in [4.69, 9.17) is 4.74 Å². The van der Waals surface area contributed by atoms with E-state index in [9.17, 15) is 4.79 Å². The number of carbonyl (C=O) groups is 1. The number of nitrogens with zero attached hydrogens (tertiary/aromatic N) is 2. The van der Waals surface area contributed by atoms with Crippen molar-refractivity contribution < 1.29 is 9.53 Å². The summed E-state index contributed by atoms with van der Waals surface area (Å²) in [6.45, 7) is 3.70. The molecule has 2 heterocycles. The second-order valence-electron chi connectivity index (χ2n) is 5.34. The Labute approximate surface area is 144 Å². The summed E-state index contributed by atoms with van der Waals surface area (Å²) in [4.78, 5) is 20.7. The van der Waals surface area contributed by atoms with Crippen LogP contribution in [0.25, 0.3) is 11.3 Å². The third-order valence-electron chi connectivity index (χ3n) is 3.38. The minimum absolute atomic E-state index is 0.230. The van der Waals surface area contributed by atoms with Crippen LogP contribution >= 0.6 is 11.3 Å². The minimum atomic E-state index is -0.611. The zero-order valence-electron chi connectivity index (χ0n) is 13.4. The average Bonchev–Trinajstić information content (AvgIpc) is 3.04. The van der Waals surface area contributed by atoms with E-state index in [-0.39, 0.29) is 5.91 Å². The number of carbonyl (C=O) groups excluding carboxylic acids is 1. The predicted octanol–water partition coefficient (Wildman–Crippen LogP) is 3.92. The van der Waals surface area contributed by atoms with Gasteiger partial charge in [0.05, 0.1) is 5.69 Å². The Kier molecular flexibility index (Phi) is 4.86. The van der Waals surface area contributed by atoms with Gasteiger partial charge in [0.1, 0.15) is 5.75 Å². The van der Waals surface area contributed by atoms with Gasteiger partial charge in [0.2, 0.25) is 0 Å². The molecule has 0 saturated heterocycles. The zero-order chi connectivity index (χ0) is 16.9. The maximum atomic E-state index is 12.3. The molecule has 5 nitrogen and oxygen atoms in total. The molecule has 3 aromatic rings. The Balaban J connectivity index is 1.63. The summed E-state index contributed by atoms with van der Waals surface area (Å²) in [6.07, 6.45) is 2.81. The van der Waals surface area contributed by atoms with Gasteiger partial charge in [-0.3, -0.25) is 15.1 Å². The average molecular weight is 339 g/mol. The topological polar surface area (TPSA) is 64.1 Å². The second-order valence-corrected chi connectivity index (χ2v) is 6.20. The fraction of sp³-hybridized carbons (Fsp3) is 0.167. The molecule has 24 heavy (non-hydrogen) atoms. The number of anilines is 1. The standard InChI is InChI=1S/C18H17N3O2S/c1-12-4-3-5-15(10-12)23-13(2)17(22)21-18-20-16(11-24-18)14-6-8-19-9-7-14/h3-11,13H,1-2H3,(H,20,21,22)/t13-/m1/s1. The summed E-state index contributed by atoms with van der Waals surface area (Å²) in [5.74, 6) is 0.446. The molecule has 0 aliphatic heterocycles. The number of pyridine rings is 1. The molecule has 122 valence electrons. The number of amides is 1. The maximum Gasteiger partial charge on any atom is 0.266 e. The van der Waals surface area contributed by atoms with Crippen molar-refractivity contribution in [1.29, 1.82) is 0 Å². The molecular formula is C18H17N3O2S. The van der Waals surface area contributed by atoms with Crippen molar-refractivity contribution in [1.82, 2.24) is 9.97 Å². The first kappa shape index (κ1) is 16.1. The summed E-state index contributed by atoms with van der Waals surface area (Å²) in [7, 11) is 0. The van der Waals surface area contributed by atoms with Gasteiger partial charge in [-0.2, -0.15) is 0 Å². The summed E-state index contributed by atoms with van der Waals surface area (Å²) >= 11 is 1.38. The molecule has 1 amide bonds. The van der Waals surface area contributed by atoms with E-state index in [1.165, 1.54) is 11.3 Å². The Morgan fingerprint density at radius 2 is 2.04 bits per heavy atom. The molecule has 0 saturated carbocycles. The number of aromatic nitrogens is 2. The number of rotatable bonds is 5. The quantitative estimate of drug-likeness (QED) is 0.765. The van der Waals surface area contributed by atoms with Crippen molar-refractivity contribution in [3.05, 3.63) is 59.7 Å². The molecule has 0 spiro atoms. The monoisotopic (exact) mass is 339 g/mol. The fourth-order valence-electron chi connectivity index (χ4n) is 2.14. The Morgan fingerprint density at radius 3 is 2.79 bits per heavy atom. The molecule has 1 atom stereocenters. The molecule has 1 aromatic carbocycles. The van der Waals surface area contributed by atoms with Crippen molar-refractivity contribution in [3.8, 4) is 17.0 Å². The van der Waals surface area contributed by atoms with Crippen LogP contribution in [-0.4, -0.2) is 22.0 Å². The van der Waals surface area contributed by atoms with Gasteiger partial charge in [-0.25, -0.2) is 4.98 Å². The van der Waals surface area contributed by atoms with Crippen molar-refractivity contribution >= 4 is 22.4 Å². The lowest BCUT2D eigenvalue weighted by Crippen LogP contribution is -2.30. The fourth-order valence-corrected chi connectivity index (χ4v) is 2.86. The van der Waals surface area contributed by atoms with Crippen molar-refractivity contribution in [2.45, 2.75) is 20.0 Å². The molecule has 6 heteroatoms. The van der Waals surface area contributed by atoms with Crippen LogP contribution in [0.15, 0.2) is 54.2 Å². The molecule has 0 aliphatic rings. The number of benzene rings is 1. The number of hydrogen-bond donors (Lipinski definition) is 1. The number of hydrogen-bond acceptors (Lipinski definition) is 5. The third-order valence-corrected chi connectivity index (χ3v) is 4.14. The molecule has 3 rings (SSSR count). The molecule has 0 radical (unpaired) electrons. The van der Waals surface area contributed by atoms with Crippen LogP contribution in [0.4, 0.5) is 5.13 Å². The molecule has 1 N–H and O–H groups in total. The molecular weight excluding hydrogens is 322 g/mol. The van der Waals surface area contributed by atoms with Gasteiger partial charge in [-0.1, -0.05) is 12.1 Å².